The third-order valence-electron chi connectivity index (χ3n) is 3.16. The van der Waals surface area contributed by atoms with Crippen LogP contribution in [0.1, 0.15) is 33.6 Å². The molecule has 2 N–H and O–H groups in total. The van der Waals surface area contributed by atoms with Crippen LogP contribution in [0.15, 0.2) is 35.2 Å². The molecule has 1 aromatic rings. The molecule has 102 valence electrons. The standard InChI is InChI=1S/C15H24O2S/c1-4-8-13(14(17)15(2,3)11-16)18-12-9-6-5-7-10-12/h5-7,9-10,13-14,16-17H,4,8,11H2,1-3H3/t13-,14+/m0/s1. The second-order valence-electron chi connectivity index (χ2n) is 5.35. The van der Waals surface area contributed by atoms with Crippen molar-refractivity contribution in [1.29, 1.82) is 0 Å². The molecule has 0 aliphatic carbocycles. The third kappa shape index (κ3) is 4.30. The summed E-state index contributed by atoms with van der Waals surface area (Å²) in [5.74, 6) is 0. The summed E-state index contributed by atoms with van der Waals surface area (Å²) in [7, 11) is 0. The number of aliphatic hydroxyl groups excluding tert-OH is 2. The van der Waals surface area contributed by atoms with E-state index in [0.717, 1.165) is 12.8 Å². The number of aliphatic hydroxyl groups is 2. The van der Waals surface area contributed by atoms with E-state index in [1.54, 1.807) is 11.8 Å². The van der Waals surface area contributed by atoms with Crippen LogP contribution in [-0.4, -0.2) is 28.2 Å². The van der Waals surface area contributed by atoms with Gasteiger partial charge in [-0.1, -0.05) is 45.4 Å². The van der Waals surface area contributed by atoms with E-state index in [4.69, 9.17) is 0 Å². The fourth-order valence-corrected chi connectivity index (χ4v) is 3.35. The van der Waals surface area contributed by atoms with Crippen LogP contribution in [-0.2, 0) is 0 Å². The zero-order chi connectivity index (χ0) is 13.6. The second-order valence-corrected chi connectivity index (χ2v) is 6.66. The predicted molar refractivity (Wildman–Crippen MR) is 77.9 cm³/mol. The van der Waals surface area contributed by atoms with Gasteiger partial charge in [0.15, 0.2) is 0 Å². The molecular weight excluding hydrogens is 244 g/mol. The van der Waals surface area contributed by atoms with Crippen molar-refractivity contribution in [2.45, 2.75) is 49.9 Å². The number of rotatable bonds is 7. The van der Waals surface area contributed by atoms with E-state index in [2.05, 4.69) is 19.1 Å². The Kier molecular flexibility index (Phi) is 6.19. The molecular formula is C15H24O2S. The summed E-state index contributed by atoms with van der Waals surface area (Å²) in [6.45, 7) is 5.94. The van der Waals surface area contributed by atoms with Crippen molar-refractivity contribution in [3.8, 4) is 0 Å². The Morgan fingerprint density at radius 2 is 1.83 bits per heavy atom. The molecule has 0 heterocycles. The average Bonchev–Trinajstić information content (AvgIpc) is 2.38. The van der Waals surface area contributed by atoms with E-state index >= 15 is 0 Å². The summed E-state index contributed by atoms with van der Waals surface area (Å²) in [6.07, 6.45) is 1.47. The van der Waals surface area contributed by atoms with Gasteiger partial charge in [0.05, 0.1) is 12.7 Å². The molecule has 0 radical (unpaired) electrons. The second kappa shape index (κ2) is 7.17. The molecule has 0 aliphatic rings. The highest BCUT2D eigenvalue weighted by Gasteiger charge is 2.33. The first kappa shape index (κ1) is 15.5. The van der Waals surface area contributed by atoms with Crippen LogP contribution in [0.25, 0.3) is 0 Å². The Morgan fingerprint density at radius 1 is 1.22 bits per heavy atom. The number of benzene rings is 1. The quantitative estimate of drug-likeness (QED) is 0.745. The summed E-state index contributed by atoms with van der Waals surface area (Å²) >= 11 is 1.70. The van der Waals surface area contributed by atoms with E-state index in [0.29, 0.717) is 0 Å². The molecule has 0 aromatic heterocycles. The number of hydrogen-bond donors (Lipinski definition) is 2. The smallest absolute Gasteiger partial charge is 0.0734 e. The van der Waals surface area contributed by atoms with Crippen LogP contribution >= 0.6 is 11.8 Å². The maximum Gasteiger partial charge on any atom is 0.0734 e. The first-order valence-corrected chi connectivity index (χ1v) is 7.40. The van der Waals surface area contributed by atoms with Gasteiger partial charge in [0.2, 0.25) is 0 Å². The van der Waals surface area contributed by atoms with Crippen molar-refractivity contribution < 1.29 is 10.2 Å². The zero-order valence-electron chi connectivity index (χ0n) is 11.5. The van der Waals surface area contributed by atoms with E-state index in [1.807, 2.05) is 32.0 Å². The fourth-order valence-electron chi connectivity index (χ4n) is 1.84. The summed E-state index contributed by atoms with van der Waals surface area (Å²) in [6, 6.07) is 10.1. The Labute approximate surface area is 114 Å². The molecule has 0 spiro atoms. The summed E-state index contributed by atoms with van der Waals surface area (Å²) in [4.78, 5) is 1.17. The van der Waals surface area contributed by atoms with Gasteiger partial charge in [-0.3, -0.25) is 0 Å². The van der Waals surface area contributed by atoms with E-state index in [1.165, 1.54) is 4.90 Å². The highest BCUT2D eigenvalue weighted by Crippen LogP contribution is 2.35. The van der Waals surface area contributed by atoms with Crippen molar-refractivity contribution in [2.24, 2.45) is 5.41 Å². The van der Waals surface area contributed by atoms with Gasteiger partial charge in [0.1, 0.15) is 0 Å². The number of thioether (sulfide) groups is 1. The molecule has 0 saturated heterocycles. The van der Waals surface area contributed by atoms with Crippen LogP contribution in [0, 0.1) is 5.41 Å². The van der Waals surface area contributed by atoms with Gasteiger partial charge >= 0.3 is 0 Å². The molecule has 18 heavy (non-hydrogen) atoms. The molecule has 0 amide bonds. The highest BCUT2D eigenvalue weighted by molar-refractivity contribution is 8.00. The molecule has 2 atom stereocenters. The minimum absolute atomic E-state index is 0.00370. The van der Waals surface area contributed by atoms with E-state index in [9.17, 15) is 10.2 Å². The maximum atomic E-state index is 10.4. The van der Waals surface area contributed by atoms with Crippen molar-refractivity contribution in [1.82, 2.24) is 0 Å². The molecule has 3 heteroatoms. The van der Waals surface area contributed by atoms with Crippen molar-refractivity contribution in [2.75, 3.05) is 6.61 Å². The molecule has 0 saturated carbocycles. The van der Waals surface area contributed by atoms with Crippen molar-refractivity contribution in [3.63, 3.8) is 0 Å². The topological polar surface area (TPSA) is 40.5 Å². The van der Waals surface area contributed by atoms with Crippen LogP contribution in [0.3, 0.4) is 0 Å². The van der Waals surface area contributed by atoms with Crippen LogP contribution in [0.2, 0.25) is 0 Å². The zero-order valence-corrected chi connectivity index (χ0v) is 12.3. The number of hydrogen-bond acceptors (Lipinski definition) is 3. The van der Waals surface area contributed by atoms with Crippen LogP contribution in [0.5, 0.6) is 0 Å². The molecule has 1 aromatic carbocycles. The first-order chi connectivity index (χ1) is 8.51. The maximum absolute atomic E-state index is 10.4. The van der Waals surface area contributed by atoms with Gasteiger partial charge in [-0.25, -0.2) is 0 Å². The van der Waals surface area contributed by atoms with Gasteiger partial charge in [0.25, 0.3) is 0 Å². The van der Waals surface area contributed by atoms with Crippen LogP contribution in [0.4, 0.5) is 0 Å². The Balaban J connectivity index is 2.76. The van der Waals surface area contributed by atoms with Gasteiger partial charge in [-0.15, -0.1) is 11.8 Å². The molecule has 0 bridgehead atoms. The largest absolute Gasteiger partial charge is 0.396 e. The first-order valence-electron chi connectivity index (χ1n) is 6.52. The molecule has 1 rings (SSSR count). The minimum Gasteiger partial charge on any atom is -0.396 e. The van der Waals surface area contributed by atoms with E-state index < -0.39 is 11.5 Å². The Morgan fingerprint density at radius 3 is 2.33 bits per heavy atom. The SMILES string of the molecule is CCC[C@H](Sc1ccccc1)[C@@H](O)C(C)(C)CO. The third-order valence-corrected chi connectivity index (χ3v) is 4.50. The fraction of sp³-hybridized carbons (Fsp3) is 0.600. The highest BCUT2D eigenvalue weighted by atomic mass is 32.2. The van der Waals surface area contributed by atoms with Gasteiger partial charge in [-0.2, -0.15) is 0 Å². The summed E-state index contributed by atoms with van der Waals surface area (Å²) < 4.78 is 0. The predicted octanol–water partition coefficient (Wildman–Crippen LogP) is 3.33. The van der Waals surface area contributed by atoms with Gasteiger partial charge in [0, 0.05) is 15.6 Å². The lowest BCUT2D eigenvalue weighted by Crippen LogP contribution is -2.40. The lowest BCUT2D eigenvalue weighted by Gasteiger charge is -2.34. The molecule has 2 nitrogen and oxygen atoms in total. The van der Waals surface area contributed by atoms with Crippen LogP contribution < -0.4 is 0 Å². The molecule has 0 fully saturated rings. The van der Waals surface area contributed by atoms with Crippen molar-refractivity contribution >= 4 is 11.8 Å². The van der Waals surface area contributed by atoms with E-state index in [-0.39, 0.29) is 11.9 Å². The summed E-state index contributed by atoms with van der Waals surface area (Å²) in [5, 5.41) is 20.0. The lowest BCUT2D eigenvalue weighted by atomic mass is 9.84. The molecule has 0 aliphatic heterocycles. The lowest BCUT2D eigenvalue weighted by molar-refractivity contribution is 0.00565. The normalized spacial score (nSPS) is 15.4. The minimum atomic E-state index is -0.507. The Hall–Kier alpha value is -0.510. The van der Waals surface area contributed by atoms with Gasteiger partial charge in [-0.05, 0) is 18.6 Å². The summed E-state index contributed by atoms with van der Waals surface area (Å²) in [5.41, 5.74) is -0.457. The average molecular weight is 268 g/mol. The Bertz CT molecular complexity index is 338. The van der Waals surface area contributed by atoms with Crippen molar-refractivity contribution in [3.05, 3.63) is 30.3 Å². The molecule has 0 unspecified atom stereocenters. The monoisotopic (exact) mass is 268 g/mol. The van der Waals surface area contributed by atoms with Gasteiger partial charge < -0.3 is 10.2 Å².